The monoisotopic (exact) mass is 342 g/mol. The summed E-state index contributed by atoms with van der Waals surface area (Å²) in [5.41, 5.74) is -0.0754. The second-order valence-corrected chi connectivity index (χ2v) is 9.09. The van der Waals surface area contributed by atoms with Crippen molar-refractivity contribution >= 4 is 28.0 Å². The van der Waals surface area contributed by atoms with E-state index in [9.17, 15) is 9.00 Å². The van der Waals surface area contributed by atoms with Crippen molar-refractivity contribution in [2.24, 2.45) is 0 Å². The summed E-state index contributed by atoms with van der Waals surface area (Å²) in [7, 11) is -0.656. The van der Waals surface area contributed by atoms with Crippen LogP contribution in [0.3, 0.4) is 0 Å². The smallest absolute Gasteiger partial charge is 0.220 e. The Labute approximate surface area is 139 Å². The zero-order valence-corrected chi connectivity index (χ0v) is 15.1. The predicted octanol–water partition coefficient (Wildman–Crippen LogP) is 2.03. The maximum atomic E-state index is 12.0. The number of carbonyl (C=O) groups excluding carboxylic acids is 1. The second kappa shape index (κ2) is 8.22. The molecule has 1 saturated heterocycles. The molecule has 0 atom stereocenters. The Balaban J connectivity index is 1.67. The van der Waals surface area contributed by atoms with Crippen molar-refractivity contribution in [2.45, 2.75) is 38.6 Å². The average molecular weight is 343 g/mol. The molecule has 2 rings (SSSR count). The van der Waals surface area contributed by atoms with E-state index in [0.29, 0.717) is 13.0 Å². The van der Waals surface area contributed by atoms with Crippen molar-refractivity contribution in [1.82, 2.24) is 10.2 Å². The lowest BCUT2D eigenvalue weighted by Gasteiger charge is -2.40. The van der Waals surface area contributed by atoms with Crippen LogP contribution in [0.25, 0.3) is 0 Å². The fourth-order valence-corrected chi connectivity index (χ4v) is 4.44. The van der Waals surface area contributed by atoms with Gasteiger partial charge in [-0.3, -0.25) is 13.9 Å². The van der Waals surface area contributed by atoms with Crippen LogP contribution in [0, 0.1) is 0 Å². The second-order valence-electron chi connectivity index (χ2n) is 6.36. The van der Waals surface area contributed by atoms with Gasteiger partial charge in [-0.05, 0) is 38.1 Å². The van der Waals surface area contributed by atoms with Crippen LogP contribution in [0.15, 0.2) is 17.5 Å². The van der Waals surface area contributed by atoms with Gasteiger partial charge >= 0.3 is 0 Å². The van der Waals surface area contributed by atoms with Crippen LogP contribution < -0.4 is 5.32 Å². The molecule has 0 aromatic carbocycles. The number of hydrogen-bond donors (Lipinski definition) is 1. The Bertz CT molecular complexity index is 490. The maximum absolute atomic E-state index is 12.0. The number of aryl methyl sites for hydroxylation is 1. The highest BCUT2D eigenvalue weighted by molar-refractivity contribution is 7.85. The first-order chi connectivity index (χ1) is 10.5. The van der Waals surface area contributed by atoms with Gasteiger partial charge in [-0.15, -0.1) is 11.3 Å². The molecular weight excluding hydrogens is 316 g/mol. The van der Waals surface area contributed by atoms with Gasteiger partial charge < -0.3 is 5.32 Å². The normalized spacial score (nSPS) is 17.5. The first-order valence-electron chi connectivity index (χ1n) is 7.86. The highest BCUT2D eigenvalue weighted by Crippen LogP contribution is 2.16. The van der Waals surface area contributed by atoms with Crippen LogP contribution in [0.5, 0.6) is 0 Å². The lowest BCUT2D eigenvalue weighted by atomic mass is 10.0. The van der Waals surface area contributed by atoms with Gasteiger partial charge in [0.05, 0.1) is 0 Å². The van der Waals surface area contributed by atoms with Crippen molar-refractivity contribution in [2.75, 3.05) is 31.1 Å². The lowest BCUT2D eigenvalue weighted by molar-refractivity contribution is -0.121. The molecule has 0 radical (unpaired) electrons. The van der Waals surface area contributed by atoms with Gasteiger partial charge in [-0.2, -0.15) is 0 Å². The Morgan fingerprint density at radius 2 is 2.14 bits per heavy atom. The summed E-state index contributed by atoms with van der Waals surface area (Å²) >= 11 is 1.75. The summed E-state index contributed by atoms with van der Waals surface area (Å²) in [4.78, 5) is 15.7. The molecule has 22 heavy (non-hydrogen) atoms. The first-order valence-corrected chi connectivity index (χ1v) is 10.2. The minimum absolute atomic E-state index is 0.0754. The van der Waals surface area contributed by atoms with E-state index in [1.807, 2.05) is 6.07 Å². The highest BCUT2D eigenvalue weighted by atomic mass is 32.2. The van der Waals surface area contributed by atoms with E-state index in [0.717, 1.165) is 37.4 Å². The lowest BCUT2D eigenvalue weighted by Crippen LogP contribution is -2.55. The predicted molar refractivity (Wildman–Crippen MR) is 93.8 cm³/mol. The zero-order chi connectivity index (χ0) is 16.0. The Morgan fingerprint density at radius 1 is 1.41 bits per heavy atom. The first kappa shape index (κ1) is 17.6. The van der Waals surface area contributed by atoms with Crippen molar-refractivity contribution in [3.05, 3.63) is 22.4 Å². The number of rotatable bonds is 7. The Hall–Kier alpha value is -0.720. The quantitative estimate of drug-likeness (QED) is 0.825. The molecule has 1 N–H and O–H groups in total. The molecule has 0 bridgehead atoms. The standard InChI is InChI=1S/C16H26N2O2S2/c1-16(2,18-8-11-22(20)12-9-18)13-17-15(19)7-3-5-14-6-4-10-21-14/h4,6,10H,3,5,7-9,11-13H2,1-2H3,(H,17,19). The third-order valence-corrected chi connectivity index (χ3v) is 6.37. The SMILES string of the molecule is CC(C)(CNC(=O)CCCc1cccs1)N1CCS(=O)CC1. The van der Waals surface area contributed by atoms with E-state index >= 15 is 0 Å². The molecule has 1 aromatic rings. The third-order valence-electron chi connectivity index (χ3n) is 4.16. The van der Waals surface area contributed by atoms with Crippen LogP contribution in [0.2, 0.25) is 0 Å². The molecule has 0 unspecified atom stereocenters. The van der Waals surface area contributed by atoms with E-state index in [-0.39, 0.29) is 11.4 Å². The summed E-state index contributed by atoms with van der Waals surface area (Å²) < 4.78 is 11.4. The third kappa shape index (κ3) is 5.48. The van der Waals surface area contributed by atoms with Gasteiger partial charge in [0, 0.05) is 58.8 Å². The maximum Gasteiger partial charge on any atom is 0.220 e. The molecule has 1 amide bonds. The zero-order valence-electron chi connectivity index (χ0n) is 13.5. The van der Waals surface area contributed by atoms with Crippen LogP contribution >= 0.6 is 11.3 Å². The molecule has 0 saturated carbocycles. The van der Waals surface area contributed by atoms with Crippen molar-refractivity contribution < 1.29 is 9.00 Å². The van der Waals surface area contributed by atoms with E-state index in [1.165, 1.54) is 4.88 Å². The summed E-state index contributed by atoms with van der Waals surface area (Å²) in [6.07, 6.45) is 2.46. The van der Waals surface area contributed by atoms with Crippen molar-refractivity contribution in [3.63, 3.8) is 0 Å². The number of thiophene rings is 1. The average Bonchev–Trinajstić information content (AvgIpc) is 2.99. The number of nitrogens with one attached hydrogen (secondary N) is 1. The van der Waals surface area contributed by atoms with E-state index in [1.54, 1.807) is 11.3 Å². The number of carbonyl (C=O) groups is 1. The summed E-state index contributed by atoms with van der Waals surface area (Å²) in [5.74, 6) is 1.63. The largest absolute Gasteiger partial charge is 0.354 e. The minimum Gasteiger partial charge on any atom is -0.354 e. The van der Waals surface area contributed by atoms with Gasteiger partial charge in [-0.25, -0.2) is 0 Å². The highest BCUT2D eigenvalue weighted by Gasteiger charge is 2.29. The Morgan fingerprint density at radius 3 is 2.77 bits per heavy atom. The van der Waals surface area contributed by atoms with Gasteiger partial charge in [-0.1, -0.05) is 6.07 Å². The summed E-state index contributed by atoms with van der Waals surface area (Å²) in [6.45, 7) is 6.65. The molecule has 1 aliphatic rings. The molecule has 2 heterocycles. The molecule has 1 aliphatic heterocycles. The van der Waals surface area contributed by atoms with Crippen molar-refractivity contribution in [3.8, 4) is 0 Å². The molecule has 1 aromatic heterocycles. The molecular formula is C16H26N2O2S2. The van der Waals surface area contributed by atoms with Crippen LogP contribution in [-0.2, 0) is 22.0 Å². The number of hydrogen-bond acceptors (Lipinski definition) is 4. The fourth-order valence-electron chi connectivity index (χ4n) is 2.64. The molecule has 0 spiro atoms. The fraction of sp³-hybridized carbons (Fsp3) is 0.688. The summed E-state index contributed by atoms with van der Waals surface area (Å²) in [6, 6.07) is 4.17. The molecule has 4 nitrogen and oxygen atoms in total. The van der Waals surface area contributed by atoms with Gasteiger partial charge in [0.25, 0.3) is 0 Å². The van der Waals surface area contributed by atoms with E-state index < -0.39 is 10.8 Å². The topological polar surface area (TPSA) is 49.4 Å². The minimum atomic E-state index is -0.656. The van der Waals surface area contributed by atoms with E-state index in [2.05, 4.69) is 35.5 Å². The van der Waals surface area contributed by atoms with Crippen LogP contribution in [0.4, 0.5) is 0 Å². The number of nitrogens with zero attached hydrogens (tertiary/aromatic N) is 1. The van der Waals surface area contributed by atoms with E-state index in [4.69, 9.17) is 0 Å². The van der Waals surface area contributed by atoms with Gasteiger partial charge in [0.1, 0.15) is 0 Å². The van der Waals surface area contributed by atoms with Crippen molar-refractivity contribution in [1.29, 1.82) is 0 Å². The molecule has 6 heteroatoms. The van der Waals surface area contributed by atoms with Crippen LogP contribution in [0.1, 0.15) is 31.6 Å². The van der Waals surface area contributed by atoms with Crippen LogP contribution in [-0.4, -0.2) is 51.7 Å². The molecule has 0 aliphatic carbocycles. The number of amides is 1. The molecule has 1 fully saturated rings. The summed E-state index contributed by atoms with van der Waals surface area (Å²) in [5, 5.41) is 5.13. The van der Waals surface area contributed by atoms with Gasteiger partial charge in [0.2, 0.25) is 5.91 Å². The molecule has 124 valence electrons. The Kier molecular flexibility index (Phi) is 6.59. The van der Waals surface area contributed by atoms with Gasteiger partial charge in [0.15, 0.2) is 0 Å².